The molecule has 0 saturated heterocycles. The number of carbonyl (C=O) groups excluding carboxylic acids is 1. The van der Waals surface area contributed by atoms with Crippen LogP contribution in [0.25, 0.3) is 0 Å². The number of aliphatic hydroxyl groups is 1. The topological polar surface area (TPSA) is 98.7 Å². The number of rotatable bonds is 4. The van der Waals surface area contributed by atoms with Gasteiger partial charge in [-0.05, 0) is 24.6 Å². The van der Waals surface area contributed by atoms with Gasteiger partial charge in [0.2, 0.25) is 0 Å². The minimum Gasteiger partial charge on any atom is -0.480 e. The summed E-state index contributed by atoms with van der Waals surface area (Å²) in [5.41, 5.74) is 1.30. The molecular formula is C11H13ClN2O4. The fourth-order valence-electron chi connectivity index (χ4n) is 1.22. The smallest absolute Gasteiger partial charge is 0.328 e. The van der Waals surface area contributed by atoms with E-state index < -0.39 is 24.6 Å². The second-order valence-electron chi connectivity index (χ2n) is 3.66. The predicted octanol–water partition coefficient (Wildman–Crippen LogP) is 1.22. The molecule has 18 heavy (non-hydrogen) atoms. The lowest BCUT2D eigenvalue weighted by atomic mass is 10.2. The van der Waals surface area contributed by atoms with Crippen LogP contribution in [-0.2, 0) is 4.79 Å². The highest BCUT2D eigenvalue weighted by Gasteiger charge is 2.18. The average molecular weight is 273 g/mol. The Morgan fingerprint density at radius 3 is 2.61 bits per heavy atom. The first kappa shape index (κ1) is 14.3. The van der Waals surface area contributed by atoms with Crippen LogP contribution in [0.15, 0.2) is 18.2 Å². The molecule has 7 heteroatoms. The van der Waals surface area contributed by atoms with E-state index in [-0.39, 0.29) is 0 Å². The van der Waals surface area contributed by atoms with Crippen LogP contribution < -0.4 is 10.6 Å². The quantitative estimate of drug-likeness (QED) is 0.662. The second kappa shape index (κ2) is 6.23. The maximum Gasteiger partial charge on any atom is 0.328 e. The maximum absolute atomic E-state index is 11.5. The van der Waals surface area contributed by atoms with Crippen molar-refractivity contribution >= 4 is 29.3 Å². The molecule has 1 atom stereocenters. The number of amides is 2. The molecule has 0 unspecified atom stereocenters. The number of aryl methyl sites for hydroxylation is 1. The molecule has 0 aliphatic rings. The van der Waals surface area contributed by atoms with E-state index in [1.54, 1.807) is 18.2 Å². The van der Waals surface area contributed by atoms with E-state index in [2.05, 4.69) is 10.6 Å². The summed E-state index contributed by atoms with van der Waals surface area (Å²) < 4.78 is 0. The van der Waals surface area contributed by atoms with Gasteiger partial charge in [-0.2, -0.15) is 0 Å². The number of carboxylic acids is 1. The zero-order chi connectivity index (χ0) is 13.7. The van der Waals surface area contributed by atoms with Gasteiger partial charge in [0.15, 0.2) is 6.04 Å². The molecule has 0 aliphatic heterocycles. The number of aliphatic hydroxyl groups excluding tert-OH is 1. The minimum atomic E-state index is -1.35. The van der Waals surface area contributed by atoms with Gasteiger partial charge in [0.25, 0.3) is 0 Å². The highest BCUT2D eigenvalue weighted by molar-refractivity contribution is 6.33. The Balaban J connectivity index is 2.67. The first-order valence-corrected chi connectivity index (χ1v) is 5.49. The molecule has 6 nitrogen and oxygen atoms in total. The molecule has 1 rings (SSSR count). The van der Waals surface area contributed by atoms with E-state index in [0.717, 1.165) is 5.56 Å². The molecule has 0 saturated carbocycles. The Kier molecular flexibility index (Phi) is 4.94. The van der Waals surface area contributed by atoms with Crippen molar-refractivity contribution in [2.45, 2.75) is 13.0 Å². The van der Waals surface area contributed by atoms with Crippen LogP contribution in [0.3, 0.4) is 0 Å². The number of hydrogen-bond donors (Lipinski definition) is 4. The summed E-state index contributed by atoms with van der Waals surface area (Å²) in [6.07, 6.45) is 0. The van der Waals surface area contributed by atoms with E-state index in [0.29, 0.717) is 10.7 Å². The largest absolute Gasteiger partial charge is 0.480 e. The molecule has 0 heterocycles. The summed E-state index contributed by atoms with van der Waals surface area (Å²) in [5.74, 6) is -1.32. The normalized spacial score (nSPS) is 11.7. The van der Waals surface area contributed by atoms with Gasteiger partial charge in [0.05, 0.1) is 17.3 Å². The van der Waals surface area contributed by atoms with E-state index >= 15 is 0 Å². The third-order valence-corrected chi connectivity index (χ3v) is 2.47. The van der Waals surface area contributed by atoms with E-state index in [1.165, 1.54) is 0 Å². The number of urea groups is 1. The number of carboxylic acid groups (broad SMARTS) is 1. The van der Waals surface area contributed by atoms with Gasteiger partial charge in [0, 0.05) is 0 Å². The molecule has 0 bridgehead atoms. The average Bonchev–Trinajstić information content (AvgIpc) is 2.29. The van der Waals surface area contributed by atoms with Crippen molar-refractivity contribution in [3.8, 4) is 0 Å². The lowest BCUT2D eigenvalue weighted by molar-refractivity contribution is -0.140. The zero-order valence-corrected chi connectivity index (χ0v) is 10.4. The number of carbonyl (C=O) groups is 2. The van der Waals surface area contributed by atoms with Crippen LogP contribution in [-0.4, -0.2) is 34.9 Å². The van der Waals surface area contributed by atoms with Gasteiger partial charge < -0.3 is 20.8 Å². The summed E-state index contributed by atoms with van der Waals surface area (Å²) in [6.45, 7) is 1.16. The van der Waals surface area contributed by atoms with Crippen LogP contribution in [0.1, 0.15) is 5.56 Å². The number of nitrogens with one attached hydrogen (secondary N) is 2. The molecule has 98 valence electrons. The molecule has 0 aliphatic carbocycles. The van der Waals surface area contributed by atoms with Crippen molar-refractivity contribution in [1.29, 1.82) is 0 Å². The van der Waals surface area contributed by atoms with Crippen LogP contribution in [0.5, 0.6) is 0 Å². The van der Waals surface area contributed by atoms with Crippen LogP contribution >= 0.6 is 11.6 Å². The predicted molar refractivity (Wildman–Crippen MR) is 66.9 cm³/mol. The first-order valence-electron chi connectivity index (χ1n) is 5.11. The summed E-state index contributed by atoms with van der Waals surface area (Å²) >= 11 is 5.90. The Bertz CT molecular complexity index is 464. The fourth-order valence-corrected chi connectivity index (χ4v) is 1.51. The third kappa shape index (κ3) is 3.90. The Morgan fingerprint density at radius 1 is 1.44 bits per heavy atom. The van der Waals surface area contributed by atoms with Gasteiger partial charge in [0.1, 0.15) is 0 Å². The Labute approximate surface area is 109 Å². The minimum absolute atomic E-state index is 0.348. The zero-order valence-electron chi connectivity index (χ0n) is 9.61. The summed E-state index contributed by atoms with van der Waals surface area (Å²) in [7, 11) is 0. The van der Waals surface area contributed by atoms with Crippen molar-refractivity contribution < 1.29 is 19.8 Å². The lowest BCUT2D eigenvalue weighted by Gasteiger charge is -2.13. The maximum atomic E-state index is 11.5. The summed E-state index contributed by atoms with van der Waals surface area (Å²) in [6, 6.07) is 2.92. The number of aliphatic carboxylic acids is 1. The summed E-state index contributed by atoms with van der Waals surface area (Å²) in [5, 5.41) is 22.3. The Hall–Kier alpha value is -1.79. The van der Waals surface area contributed by atoms with Crippen LogP contribution in [0, 0.1) is 6.92 Å². The fraction of sp³-hybridized carbons (Fsp3) is 0.273. The van der Waals surface area contributed by atoms with E-state index in [4.69, 9.17) is 21.8 Å². The van der Waals surface area contributed by atoms with Gasteiger partial charge in [-0.15, -0.1) is 0 Å². The highest BCUT2D eigenvalue weighted by atomic mass is 35.5. The summed E-state index contributed by atoms with van der Waals surface area (Å²) in [4.78, 5) is 22.1. The van der Waals surface area contributed by atoms with Crippen LogP contribution in [0.4, 0.5) is 10.5 Å². The van der Waals surface area contributed by atoms with Crippen molar-refractivity contribution in [3.63, 3.8) is 0 Å². The van der Waals surface area contributed by atoms with E-state index in [1.807, 2.05) is 6.92 Å². The number of halogens is 1. The van der Waals surface area contributed by atoms with Crippen LogP contribution in [0.2, 0.25) is 5.02 Å². The number of benzene rings is 1. The number of hydrogen-bond acceptors (Lipinski definition) is 3. The monoisotopic (exact) mass is 272 g/mol. The third-order valence-electron chi connectivity index (χ3n) is 2.16. The van der Waals surface area contributed by atoms with Crippen molar-refractivity contribution in [1.82, 2.24) is 5.32 Å². The molecule has 0 fully saturated rings. The molecule has 0 radical (unpaired) electrons. The molecule has 4 N–H and O–H groups in total. The van der Waals surface area contributed by atoms with Crippen molar-refractivity contribution in [2.24, 2.45) is 0 Å². The number of anilines is 1. The van der Waals surface area contributed by atoms with Gasteiger partial charge in [-0.25, -0.2) is 9.59 Å². The molecule has 0 spiro atoms. The lowest BCUT2D eigenvalue weighted by Crippen LogP contribution is -2.45. The Morgan fingerprint density at radius 2 is 2.11 bits per heavy atom. The molecule has 2 amide bonds. The van der Waals surface area contributed by atoms with E-state index in [9.17, 15) is 9.59 Å². The second-order valence-corrected chi connectivity index (χ2v) is 4.06. The van der Waals surface area contributed by atoms with Crippen molar-refractivity contribution in [3.05, 3.63) is 28.8 Å². The van der Waals surface area contributed by atoms with Crippen molar-refractivity contribution in [2.75, 3.05) is 11.9 Å². The molecule has 1 aromatic carbocycles. The highest BCUT2D eigenvalue weighted by Crippen LogP contribution is 2.22. The standard InChI is InChI=1S/C11H13ClN2O4/c1-6-2-3-8(7(12)4-6)13-11(18)14-9(5-15)10(16)17/h2-4,9,15H,5H2,1H3,(H,16,17)(H2,13,14,18)/t9-/m0/s1. The first-order chi connectivity index (χ1) is 8.43. The van der Waals surface area contributed by atoms with Gasteiger partial charge in [-0.1, -0.05) is 17.7 Å². The molecular weight excluding hydrogens is 260 g/mol. The SMILES string of the molecule is Cc1ccc(NC(=O)N[C@@H](CO)C(=O)O)c(Cl)c1. The van der Waals surface area contributed by atoms with Gasteiger partial charge >= 0.3 is 12.0 Å². The van der Waals surface area contributed by atoms with Gasteiger partial charge in [-0.3, -0.25) is 0 Å². The molecule has 1 aromatic rings. The molecule has 0 aromatic heterocycles.